The van der Waals surface area contributed by atoms with Crippen LogP contribution in [0.1, 0.15) is 11.9 Å². The molecular formula is C22H21N3O3S. The molecule has 2 heterocycles. The molecule has 0 bridgehead atoms. The zero-order chi connectivity index (χ0) is 20.4. The molecule has 0 fully saturated rings. The smallest absolute Gasteiger partial charge is 0.139 e. The normalized spacial score (nSPS) is 13.9. The highest BCUT2D eigenvalue weighted by Gasteiger charge is 2.31. The highest BCUT2D eigenvalue weighted by Crippen LogP contribution is 2.35. The fraction of sp³-hybridized carbons (Fsp3) is 0.182. The van der Waals surface area contributed by atoms with Gasteiger partial charge in [-0.3, -0.25) is 5.41 Å². The van der Waals surface area contributed by atoms with E-state index in [2.05, 4.69) is 4.98 Å². The SMILES string of the molecule is CCOc1ccc(N2CC(O)=C(c3nc(-c4ccc(OC)cc4)cs3)C2=N)cc1. The van der Waals surface area contributed by atoms with Gasteiger partial charge in [0.2, 0.25) is 0 Å². The van der Waals surface area contributed by atoms with Gasteiger partial charge in [0.05, 0.1) is 31.5 Å². The van der Waals surface area contributed by atoms with E-state index in [1.165, 1.54) is 11.3 Å². The first kappa shape index (κ1) is 19.0. The van der Waals surface area contributed by atoms with Crippen LogP contribution in [0.2, 0.25) is 0 Å². The molecule has 0 unspecified atom stereocenters. The van der Waals surface area contributed by atoms with Crippen molar-refractivity contribution < 1.29 is 14.6 Å². The number of hydrogen-bond acceptors (Lipinski definition) is 6. The predicted molar refractivity (Wildman–Crippen MR) is 116 cm³/mol. The number of amidine groups is 1. The van der Waals surface area contributed by atoms with E-state index < -0.39 is 0 Å². The van der Waals surface area contributed by atoms with Crippen molar-refractivity contribution >= 4 is 28.4 Å². The number of aromatic nitrogens is 1. The van der Waals surface area contributed by atoms with E-state index >= 15 is 0 Å². The summed E-state index contributed by atoms with van der Waals surface area (Å²) < 4.78 is 10.7. The minimum absolute atomic E-state index is 0.152. The molecule has 1 aromatic heterocycles. The summed E-state index contributed by atoms with van der Waals surface area (Å²) in [5.74, 6) is 1.96. The Kier molecular flexibility index (Phi) is 5.22. The first-order valence-corrected chi connectivity index (χ1v) is 10.1. The van der Waals surface area contributed by atoms with Crippen LogP contribution in [0.15, 0.2) is 59.7 Å². The monoisotopic (exact) mass is 407 g/mol. The van der Waals surface area contributed by atoms with Gasteiger partial charge in [0.25, 0.3) is 0 Å². The first-order chi connectivity index (χ1) is 14.1. The van der Waals surface area contributed by atoms with Crippen LogP contribution in [0.4, 0.5) is 5.69 Å². The number of anilines is 1. The van der Waals surface area contributed by atoms with Crippen LogP contribution >= 0.6 is 11.3 Å². The maximum atomic E-state index is 10.6. The zero-order valence-corrected chi connectivity index (χ0v) is 17.0. The second kappa shape index (κ2) is 7.97. The standard InChI is InChI=1S/C22H21N3O3S/c1-3-28-17-10-6-15(7-11-17)25-12-19(26)20(21(25)23)22-24-18(13-29-22)14-4-8-16(27-2)9-5-14/h4-11,13,23,26H,3,12H2,1-2H3. The summed E-state index contributed by atoms with van der Waals surface area (Å²) in [6, 6.07) is 15.2. The number of ether oxygens (including phenoxy) is 2. The predicted octanol–water partition coefficient (Wildman–Crippen LogP) is 4.98. The van der Waals surface area contributed by atoms with Crippen LogP contribution in [0.25, 0.3) is 16.8 Å². The van der Waals surface area contributed by atoms with Gasteiger partial charge in [0.15, 0.2) is 0 Å². The molecule has 2 aromatic carbocycles. The summed E-state index contributed by atoms with van der Waals surface area (Å²) in [6.45, 7) is 2.79. The average Bonchev–Trinajstić information content (AvgIpc) is 3.33. The summed E-state index contributed by atoms with van der Waals surface area (Å²) in [5, 5.41) is 21.7. The fourth-order valence-corrected chi connectivity index (χ4v) is 4.09. The Bertz CT molecular complexity index is 1060. The minimum atomic E-state index is 0.152. The van der Waals surface area contributed by atoms with Crippen molar-refractivity contribution in [3.8, 4) is 22.8 Å². The van der Waals surface area contributed by atoms with Gasteiger partial charge >= 0.3 is 0 Å². The molecule has 1 aliphatic rings. The lowest BCUT2D eigenvalue weighted by atomic mass is 10.1. The highest BCUT2D eigenvalue weighted by atomic mass is 32.1. The molecule has 0 amide bonds. The Morgan fingerprint density at radius 2 is 1.79 bits per heavy atom. The lowest BCUT2D eigenvalue weighted by Crippen LogP contribution is -2.25. The Morgan fingerprint density at radius 3 is 2.45 bits per heavy atom. The Balaban J connectivity index is 1.56. The van der Waals surface area contributed by atoms with E-state index in [4.69, 9.17) is 14.9 Å². The van der Waals surface area contributed by atoms with E-state index in [0.717, 1.165) is 28.4 Å². The molecule has 2 N–H and O–H groups in total. The van der Waals surface area contributed by atoms with Crippen molar-refractivity contribution in [3.05, 3.63) is 64.7 Å². The molecular weight excluding hydrogens is 386 g/mol. The minimum Gasteiger partial charge on any atom is -0.510 e. The number of nitrogens with one attached hydrogen (secondary N) is 1. The van der Waals surface area contributed by atoms with Gasteiger partial charge in [-0.2, -0.15) is 0 Å². The van der Waals surface area contributed by atoms with Gasteiger partial charge in [-0.1, -0.05) is 0 Å². The molecule has 0 spiro atoms. The summed E-state index contributed by atoms with van der Waals surface area (Å²) >= 11 is 1.42. The van der Waals surface area contributed by atoms with Crippen molar-refractivity contribution in [1.29, 1.82) is 5.41 Å². The van der Waals surface area contributed by atoms with Crippen LogP contribution in [-0.2, 0) is 0 Å². The van der Waals surface area contributed by atoms with Gasteiger partial charge in [0, 0.05) is 16.6 Å². The Hall–Kier alpha value is -3.32. The van der Waals surface area contributed by atoms with E-state index in [1.807, 2.05) is 60.8 Å². The maximum absolute atomic E-state index is 10.6. The Morgan fingerprint density at radius 1 is 1.10 bits per heavy atom. The third kappa shape index (κ3) is 3.69. The van der Waals surface area contributed by atoms with Crippen molar-refractivity contribution in [3.63, 3.8) is 0 Å². The second-order valence-corrected chi connectivity index (χ2v) is 7.31. The van der Waals surface area contributed by atoms with Crippen LogP contribution < -0.4 is 14.4 Å². The van der Waals surface area contributed by atoms with Crippen LogP contribution in [0.5, 0.6) is 11.5 Å². The van der Waals surface area contributed by atoms with E-state index in [9.17, 15) is 5.11 Å². The van der Waals surface area contributed by atoms with Crippen LogP contribution in [0.3, 0.4) is 0 Å². The van der Waals surface area contributed by atoms with E-state index in [0.29, 0.717) is 17.2 Å². The summed E-state index contributed by atoms with van der Waals surface area (Å²) in [7, 11) is 1.63. The summed E-state index contributed by atoms with van der Waals surface area (Å²) in [6.07, 6.45) is 0. The van der Waals surface area contributed by atoms with E-state index in [-0.39, 0.29) is 18.1 Å². The molecule has 3 aromatic rings. The van der Waals surface area contributed by atoms with Gasteiger partial charge in [-0.25, -0.2) is 4.98 Å². The number of nitrogens with zero attached hydrogens (tertiary/aromatic N) is 2. The number of hydrogen-bond donors (Lipinski definition) is 2. The third-order valence-electron chi connectivity index (χ3n) is 4.67. The zero-order valence-electron chi connectivity index (χ0n) is 16.2. The lowest BCUT2D eigenvalue weighted by molar-refractivity contribution is 0.340. The van der Waals surface area contributed by atoms with Gasteiger partial charge in [0.1, 0.15) is 28.1 Å². The van der Waals surface area contributed by atoms with Crippen molar-refractivity contribution in [1.82, 2.24) is 4.98 Å². The third-order valence-corrected chi connectivity index (χ3v) is 5.53. The second-order valence-electron chi connectivity index (χ2n) is 6.45. The Labute approximate surface area is 173 Å². The van der Waals surface area contributed by atoms with E-state index in [1.54, 1.807) is 12.0 Å². The molecule has 6 nitrogen and oxygen atoms in total. The molecule has 0 atom stereocenters. The van der Waals surface area contributed by atoms with Gasteiger partial charge in [-0.05, 0) is 55.5 Å². The largest absolute Gasteiger partial charge is 0.510 e. The van der Waals surface area contributed by atoms with Crippen molar-refractivity contribution in [2.45, 2.75) is 6.92 Å². The van der Waals surface area contributed by atoms with Crippen LogP contribution in [0, 0.1) is 5.41 Å². The highest BCUT2D eigenvalue weighted by molar-refractivity contribution is 7.11. The maximum Gasteiger partial charge on any atom is 0.139 e. The molecule has 0 radical (unpaired) electrons. The summed E-state index contributed by atoms with van der Waals surface area (Å²) in [5.41, 5.74) is 3.07. The molecule has 29 heavy (non-hydrogen) atoms. The number of aliphatic hydroxyl groups is 1. The average molecular weight is 407 g/mol. The first-order valence-electron chi connectivity index (χ1n) is 9.22. The number of thiazole rings is 1. The van der Waals surface area contributed by atoms with Gasteiger partial charge in [-0.15, -0.1) is 11.3 Å². The van der Waals surface area contributed by atoms with Crippen molar-refractivity contribution in [2.24, 2.45) is 0 Å². The fourth-order valence-electron chi connectivity index (χ4n) is 3.20. The van der Waals surface area contributed by atoms with Gasteiger partial charge < -0.3 is 19.5 Å². The quantitative estimate of drug-likeness (QED) is 0.602. The number of methoxy groups -OCH3 is 1. The summed E-state index contributed by atoms with van der Waals surface area (Å²) in [4.78, 5) is 6.42. The van der Waals surface area contributed by atoms with Crippen molar-refractivity contribution in [2.75, 3.05) is 25.2 Å². The number of benzene rings is 2. The molecule has 0 saturated carbocycles. The van der Waals surface area contributed by atoms with Crippen LogP contribution in [-0.4, -0.2) is 36.2 Å². The molecule has 7 heteroatoms. The lowest BCUT2D eigenvalue weighted by Gasteiger charge is -2.19. The molecule has 0 saturated heterocycles. The molecule has 0 aliphatic carbocycles. The molecule has 148 valence electrons. The molecule has 1 aliphatic heterocycles. The molecule has 4 rings (SSSR count). The number of rotatable bonds is 6. The number of aliphatic hydroxyl groups excluding tert-OH is 1. The topological polar surface area (TPSA) is 78.7 Å².